The number of benzene rings is 3. The van der Waals surface area contributed by atoms with Crippen LogP contribution in [0, 0.1) is 0 Å². The van der Waals surface area contributed by atoms with E-state index < -0.39 is 16.8 Å². The number of carbonyl (C=O) groups is 2. The second-order valence-corrected chi connectivity index (χ2v) is 17.5. The minimum atomic E-state index is -0.849. The maximum absolute atomic E-state index is 12.2. The highest BCUT2D eigenvalue weighted by molar-refractivity contribution is 5.85. The highest BCUT2D eigenvalue weighted by atomic mass is 35.5. The second kappa shape index (κ2) is 20.7. The predicted octanol–water partition coefficient (Wildman–Crippen LogP) is 9.47. The Hall–Kier alpha value is -3.63. The van der Waals surface area contributed by atoms with Gasteiger partial charge in [0.2, 0.25) is 0 Å². The van der Waals surface area contributed by atoms with Crippen LogP contribution in [0.1, 0.15) is 96.8 Å². The average Bonchev–Trinajstić information content (AvgIpc) is 3.89. The molecule has 2 aliphatic heterocycles. The Morgan fingerprint density at radius 2 is 0.946 bits per heavy atom. The minimum Gasteiger partial charge on any atom is -0.444 e. The number of hydrogen-bond acceptors (Lipinski definition) is 7. The van der Waals surface area contributed by atoms with Gasteiger partial charge in [-0.3, -0.25) is 0 Å². The molecule has 0 radical (unpaired) electrons. The fourth-order valence-corrected chi connectivity index (χ4v) is 7.58. The summed E-state index contributed by atoms with van der Waals surface area (Å²) in [6.45, 7) is 13.3. The monoisotopic (exact) mass is 794 g/mol. The SMILES string of the molecule is CC(C)(C)OC(=O)N1CCC(O)(Cc2ccccc2)C1.COC1(Cc2ccccc2)CCCC1.COC1(Cc2ccccc2)CCN(C(=O)OC(C)(C)C)C1.Cl. The molecule has 2 saturated heterocycles. The Bertz CT molecular complexity index is 1610. The summed E-state index contributed by atoms with van der Waals surface area (Å²) < 4.78 is 22.2. The number of aliphatic hydroxyl groups is 1. The molecule has 3 aromatic rings. The molecule has 2 unspecified atom stereocenters. The molecule has 56 heavy (non-hydrogen) atoms. The summed E-state index contributed by atoms with van der Waals surface area (Å²) in [6, 6.07) is 30.8. The third-order valence-corrected chi connectivity index (χ3v) is 10.4. The standard InChI is InChI=1S/C17H25NO3.C16H23NO3.C13H18O.ClH/c1-16(2,3)21-15(19)18-11-10-17(13-18,20-4)12-14-8-6-5-7-9-14;1-15(2,3)20-14(18)17-10-9-16(19,12-17)11-13-7-5-4-6-8-13;1-14-13(9-5-6-10-13)11-12-7-3-2-4-8-12;/h5-9H,10-13H2,1-4H3;4-8,19H,9-12H2,1-3H3;2-4,7-8H,5-6,9-11H2,1H3;1H. The number of β-amino-alcohol motifs (C(OH)–C–C–N with tert-alkyl or cyclic N) is 1. The molecule has 9 nitrogen and oxygen atoms in total. The van der Waals surface area contributed by atoms with Crippen LogP contribution in [0.3, 0.4) is 0 Å². The molecule has 2 atom stereocenters. The Labute approximate surface area is 342 Å². The molecule has 1 saturated carbocycles. The first kappa shape index (κ1) is 46.8. The highest BCUT2D eigenvalue weighted by Crippen LogP contribution is 2.35. The van der Waals surface area contributed by atoms with Crippen molar-refractivity contribution in [1.82, 2.24) is 9.80 Å². The smallest absolute Gasteiger partial charge is 0.410 e. The van der Waals surface area contributed by atoms with E-state index in [-0.39, 0.29) is 35.8 Å². The number of hydrogen-bond donors (Lipinski definition) is 1. The van der Waals surface area contributed by atoms with Gasteiger partial charge in [0.15, 0.2) is 0 Å². The molecule has 310 valence electrons. The van der Waals surface area contributed by atoms with Crippen molar-refractivity contribution >= 4 is 24.6 Å². The third kappa shape index (κ3) is 15.0. The van der Waals surface area contributed by atoms with Gasteiger partial charge in [-0.25, -0.2) is 9.59 Å². The van der Waals surface area contributed by atoms with E-state index in [0.29, 0.717) is 39.0 Å². The van der Waals surface area contributed by atoms with Crippen LogP contribution in [0.15, 0.2) is 91.0 Å². The van der Waals surface area contributed by atoms with Crippen molar-refractivity contribution < 1.29 is 33.6 Å². The van der Waals surface area contributed by atoms with Crippen molar-refractivity contribution in [2.45, 2.75) is 127 Å². The molecule has 6 rings (SSSR count). The molecule has 2 heterocycles. The number of nitrogens with zero attached hydrogens (tertiary/aromatic N) is 2. The number of rotatable bonds is 8. The van der Waals surface area contributed by atoms with Crippen LogP contribution in [-0.4, -0.2) is 95.5 Å². The van der Waals surface area contributed by atoms with Gasteiger partial charge in [-0.05, 0) is 83.9 Å². The predicted molar refractivity (Wildman–Crippen MR) is 225 cm³/mol. The van der Waals surface area contributed by atoms with Crippen LogP contribution in [0.25, 0.3) is 0 Å². The lowest BCUT2D eigenvalue weighted by molar-refractivity contribution is -0.00924. The van der Waals surface area contributed by atoms with Crippen LogP contribution in [0.4, 0.5) is 9.59 Å². The Morgan fingerprint density at radius 3 is 1.36 bits per heavy atom. The van der Waals surface area contributed by atoms with Crippen molar-refractivity contribution in [2.75, 3.05) is 40.4 Å². The van der Waals surface area contributed by atoms with Gasteiger partial charge in [0.1, 0.15) is 11.2 Å². The van der Waals surface area contributed by atoms with Crippen molar-refractivity contribution in [3.05, 3.63) is 108 Å². The molecular formula is C46H67ClN2O7. The molecule has 1 aliphatic carbocycles. The number of methoxy groups -OCH3 is 2. The van der Waals surface area contributed by atoms with Crippen LogP contribution in [0.5, 0.6) is 0 Å². The molecule has 2 amide bonds. The lowest BCUT2D eigenvalue weighted by Crippen LogP contribution is -2.41. The van der Waals surface area contributed by atoms with E-state index in [4.69, 9.17) is 18.9 Å². The van der Waals surface area contributed by atoms with Gasteiger partial charge in [0.25, 0.3) is 0 Å². The molecule has 1 N–H and O–H groups in total. The molecule has 0 spiro atoms. The van der Waals surface area contributed by atoms with Gasteiger partial charge in [0, 0.05) is 46.6 Å². The van der Waals surface area contributed by atoms with Crippen molar-refractivity contribution in [1.29, 1.82) is 0 Å². The summed E-state index contributed by atoms with van der Waals surface area (Å²) >= 11 is 0. The first-order chi connectivity index (χ1) is 26.0. The van der Waals surface area contributed by atoms with Crippen molar-refractivity contribution in [3.8, 4) is 0 Å². The van der Waals surface area contributed by atoms with Gasteiger partial charge < -0.3 is 33.9 Å². The quantitative estimate of drug-likeness (QED) is 0.243. The van der Waals surface area contributed by atoms with Crippen LogP contribution in [-0.2, 0) is 38.2 Å². The lowest BCUT2D eigenvalue weighted by Gasteiger charge is -2.29. The van der Waals surface area contributed by atoms with E-state index in [9.17, 15) is 14.7 Å². The number of amides is 2. The molecule has 3 aromatic carbocycles. The van der Waals surface area contributed by atoms with Gasteiger partial charge >= 0.3 is 12.2 Å². The Morgan fingerprint density at radius 1 is 0.571 bits per heavy atom. The number of halogens is 1. The van der Waals surface area contributed by atoms with E-state index >= 15 is 0 Å². The maximum atomic E-state index is 12.2. The average molecular weight is 796 g/mol. The topological polar surface area (TPSA) is 97.8 Å². The van der Waals surface area contributed by atoms with Gasteiger partial charge in [-0.15, -0.1) is 12.4 Å². The van der Waals surface area contributed by atoms with E-state index in [2.05, 4.69) is 42.5 Å². The van der Waals surface area contributed by atoms with Crippen molar-refractivity contribution in [3.63, 3.8) is 0 Å². The third-order valence-electron chi connectivity index (χ3n) is 10.4. The van der Waals surface area contributed by atoms with E-state index in [0.717, 1.165) is 24.8 Å². The zero-order valence-electron chi connectivity index (χ0n) is 35.1. The molecule has 3 fully saturated rings. The normalized spacial score (nSPS) is 21.5. The summed E-state index contributed by atoms with van der Waals surface area (Å²) in [5, 5.41) is 10.6. The Kier molecular flexibility index (Phi) is 17.3. The number of ether oxygens (including phenoxy) is 4. The molecule has 0 aromatic heterocycles. The maximum Gasteiger partial charge on any atom is 0.410 e. The summed E-state index contributed by atoms with van der Waals surface area (Å²) in [4.78, 5) is 27.5. The largest absolute Gasteiger partial charge is 0.444 e. The second-order valence-electron chi connectivity index (χ2n) is 17.5. The van der Waals surface area contributed by atoms with Crippen LogP contribution >= 0.6 is 12.4 Å². The summed E-state index contributed by atoms with van der Waals surface area (Å²) in [5.74, 6) is 0. The zero-order valence-corrected chi connectivity index (χ0v) is 35.9. The summed E-state index contributed by atoms with van der Waals surface area (Å²) in [5.41, 5.74) is 1.73. The first-order valence-electron chi connectivity index (χ1n) is 19.9. The molecule has 3 aliphatic rings. The van der Waals surface area contributed by atoms with Gasteiger partial charge in [0.05, 0.1) is 29.9 Å². The summed E-state index contributed by atoms with van der Waals surface area (Å²) in [6.07, 6.45) is 8.34. The summed E-state index contributed by atoms with van der Waals surface area (Å²) in [7, 11) is 3.58. The van der Waals surface area contributed by atoms with Crippen LogP contribution in [0.2, 0.25) is 0 Å². The fourth-order valence-electron chi connectivity index (χ4n) is 7.58. The molecular weight excluding hydrogens is 728 g/mol. The number of carbonyl (C=O) groups excluding carboxylic acids is 2. The van der Waals surface area contributed by atoms with Gasteiger partial charge in [-0.1, -0.05) is 104 Å². The molecule has 10 heteroatoms. The van der Waals surface area contributed by atoms with Gasteiger partial charge in [-0.2, -0.15) is 0 Å². The van der Waals surface area contributed by atoms with Crippen molar-refractivity contribution in [2.24, 2.45) is 0 Å². The van der Waals surface area contributed by atoms with E-state index in [1.807, 2.05) is 97.2 Å². The Balaban J connectivity index is 0.000000228. The van der Waals surface area contributed by atoms with E-state index in [1.165, 1.54) is 36.8 Å². The van der Waals surface area contributed by atoms with E-state index in [1.54, 1.807) is 16.9 Å². The lowest BCUT2D eigenvalue weighted by atomic mass is 9.93. The first-order valence-corrected chi connectivity index (χ1v) is 19.9. The number of likely N-dealkylation sites (tertiary alicyclic amines) is 2. The highest BCUT2D eigenvalue weighted by Gasteiger charge is 2.42. The molecule has 0 bridgehead atoms. The minimum absolute atomic E-state index is 0. The van der Waals surface area contributed by atoms with Crippen LogP contribution < -0.4 is 0 Å². The fraction of sp³-hybridized carbons (Fsp3) is 0.565. The zero-order chi connectivity index (χ0) is 40.2.